The molecule has 27 heavy (non-hydrogen) atoms. The largest absolute Gasteiger partial charge is 0.490 e. The quantitative estimate of drug-likeness (QED) is 0.525. The summed E-state index contributed by atoms with van der Waals surface area (Å²) >= 11 is 0. The zero-order valence-corrected chi connectivity index (χ0v) is 15.9. The fourth-order valence-corrected chi connectivity index (χ4v) is 2.82. The van der Waals surface area contributed by atoms with Gasteiger partial charge in [0.05, 0.1) is 13.2 Å². The average Bonchev–Trinajstić information content (AvgIpc) is 2.69. The van der Waals surface area contributed by atoms with Crippen molar-refractivity contribution in [3.05, 3.63) is 23.8 Å². The first-order valence-corrected chi connectivity index (χ1v) is 9.24. The Morgan fingerprint density at radius 2 is 1.74 bits per heavy atom. The van der Waals surface area contributed by atoms with Crippen molar-refractivity contribution in [2.45, 2.75) is 20.3 Å². The lowest BCUT2D eigenvalue weighted by atomic mass is 10.1. The SMILES string of the molecule is CCOc1ccc(CCNC(=O)C(=O)N2CCN(C=O)CC2)cc1OCC. The third-order valence-corrected chi connectivity index (χ3v) is 4.25. The molecule has 3 amide bonds. The maximum Gasteiger partial charge on any atom is 0.312 e. The van der Waals surface area contributed by atoms with Gasteiger partial charge in [0.2, 0.25) is 6.41 Å². The van der Waals surface area contributed by atoms with Crippen molar-refractivity contribution in [1.82, 2.24) is 15.1 Å². The van der Waals surface area contributed by atoms with Crippen LogP contribution in [0.4, 0.5) is 0 Å². The Morgan fingerprint density at radius 1 is 1.07 bits per heavy atom. The van der Waals surface area contributed by atoms with Crippen LogP contribution in [0.2, 0.25) is 0 Å². The van der Waals surface area contributed by atoms with Gasteiger partial charge in [-0.05, 0) is 38.0 Å². The predicted octanol–water partition coefficient (Wildman–Crippen LogP) is 0.443. The van der Waals surface area contributed by atoms with Crippen LogP contribution in [0.3, 0.4) is 0 Å². The van der Waals surface area contributed by atoms with Crippen molar-refractivity contribution >= 4 is 18.2 Å². The minimum Gasteiger partial charge on any atom is -0.490 e. The average molecular weight is 377 g/mol. The molecule has 1 N–H and O–H groups in total. The van der Waals surface area contributed by atoms with E-state index in [4.69, 9.17) is 9.47 Å². The van der Waals surface area contributed by atoms with Crippen LogP contribution in [-0.2, 0) is 20.8 Å². The van der Waals surface area contributed by atoms with E-state index in [0.717, 1.165) is 12.0 Å². The Bertz CT molecular complexity index is 657. The number of ether oxygens (including phenoxy) is 2. The lowest BCUT2D eigenvalue weighted by Gasteiger charge is -2.31. The first-order valence-electron chi connectivity index (χ1n) is 9.24. The Kier molecular flexibility index (Phi) is 7.91. The Balaban J connectivity index is 1.83. The molecule has 148 valence electrons. The molecule has 0 radical (unpaired) electrons. The number of piperazine rings is 1. The molecule has 8 nitrogen and oxygen atoms in total. The summed E-state index contributed by atoms with van der Waals surface area (Å²) in [6, 6.07) is 5.66. The molecular formula is C19H27N3O5. The molecule has 1 heterocycles. The van der Waals surface area contributed by atoms with E-state index in [1.807, 2.05) is 32.0 Å². The van der Waals surface area contributed by atoms with E-state index in [2.05, 4.69) is 5.32 Å². The summed E-state index contributed by atoms with van der Waals surface area (Å²) in [7, 11) is 0. The minimum atomic E-state index is -0.620. The molecule has 1 aliphatic heterocycles. The van der Waals surface area contributed by atoms with Crippen LogP contribution in [0, 0.1) is 0 Å². The molecule has 1 saturated heterocycles. The topological polar surface area (TPSA) is 88.2 Å². The first-order chi connectivity index (χ1) is 13.1. The van der Waals surface area contributed by atoms with Crippen LogP contribution in [0.1, 0.15) is 19.4 Å². The number of hydrogen-bond acceptors (Lipinski definition) is 5. The van der Waals surface area contributed by atoms with E-state index in [0.29, 0.717) is 63.9 Å². The molecule has 8 heteroatoms. The number of carbonyl (C=O) groups is 3. The van der Waals surface area contributed by atoms with Crippen LogP contribution < -0.4 is 14.8 Å². The standard InChI is InChI=1S/C19H27N3O5/c1-3-26-16-6-5-15(13-17(16)27-4-2)7-8-20-18(24)19(25)22-11-9-21(14-23)10-12-22/h5-6,13-14H,3-4,7-12H2,1-2H3,(H,20,24). The van der Waals surface area contributed by atoms with E-state index < -0.39 is 11.8 Å². The van der Waals surface area contributed by atoms with Crippen LogP contribution in [0.25, 0.3) is 0 Å². The van der Waals surface area contributed by atoms with E-state index in [9.17, 15) is 14.4 Å². The fraction of sp³-hybridized carbons (Fsp3) is 0.526. The molecule has 2 rings (SSSR count). The number of amides is 3. The molecule has 0 unspecified atom stereocenters. The van der Waals surface area contributed by atoms with E-state index in [1.54, 1.807) is 4.90 Å². The van der Waals surface area contributed by atoms with Crippen LogP contribution >= 0.6 is 0 Å². The highest BCUT2D eigenvalue weighted by Gasteiger charge is 2.25. The van der Waals surface area contributed by atoms with Crippen molar-refractivity contribution in [3.63, 3.8) is 0 Å². The molecule has 0 atom stereocenters. The summed E-state index contributed by atoms with van der Waals surface area (Å²) < 4.78 is 11.1. The molecule has 0 aliphatic carbocycles. The van der Waals surface area contributed by atoms with Crippen molar-refractivity contribution in [1.29, 1.82) is 0 Å². The van der Waals surface area contributed by atoms with Gasteiger partial charge in [-0.2, -0.15) is 0 Å². The normalized spacial score (nSPS) is 13.9. The van der Waals surface area contributed by atoms with Gasteiger partial charge in [-0.3, -0.25) is 14.4 Å². The summed E-state index contributed by atoms with van der Waals surface area (Å²) in [5.41, 5.74) is 0.981. The Hall–Kier alpha value is -2.77. The fourth-order valence-electron chi connectivity index (χ4n) is 2.82. The Morgan fingerprint density at radius 3 is 2.37 bits per heavy atom. The van der Waals surface area contributed by atoms with Gasteiger partial charge in [0.1, 0.15) is 0 Å². The highest BCUT2D eigenvalue weighted by atomic mass is 16.5. The van der Waals surface area contributed by atoms with Crippen molar-refractivity contribution < 1.29 is 23.9 Å². The number of nitrogens with zero attached hydrogens (tertiary/aromatic N) is 2. The third-order valence-electron chi connectivity index (χ3n) is 4.25. The monoisotopic (exact) mass is 377 g/mol. The number of nitrogens with one attached hydrogen (secondary N) is 1. The van der Waals surface area contributed by atoms with E-state index in [-0.39, 0.29) is 0 Å². The van der Waals surface area contributed by atoms with Crippen molar-refractivity contribution in [2.24, 2.45) is 0 Å². The van der Waals surface area contributed by atoms with Gasteiger partial charge >= 0.3 is 11.8 Å². The summed E-state index contributed by atoms with van der Waals surface area (Å²) in [6.45, 7) is 6.91. The van der Waals surface area contributed by atoms with Gasteiger partial charge in [-0.15, -0.1) is 0 Å². The van der Waals surface area contributed by atoms with Crippen molar-refractivity contribution in [2.75, 3.05) is 45.9 Å². The number of benzene rings is 1. The second kappa shape index (κ2) is 10.4. The minimum absolute atomic E-state index is 0.346. The molecule has 0 bridgehead atoms. The maximum absolute atomic E-state index is 12.2. The smallest absolute Gasteiger partial charge is 0.312 e. The van der Waals surface area contributed by atoms with Crippen LogP contribution in [0.15, 0.2) is 18.2 Å². The zero-order valence-electron chi connectivity index (χ0n) is 15.9. The van der Waals surface area contributed by atoms with Gasteiger partial charge in [-0.1, -0.05) is 6.07 Å². The summed E-state index contributed by atoms with van der Waals surface area (Å²) in [5.74, 6) is 0.192. The Labute approximate surface area is 159 Å². The number of carbonyl (C=O) groups excluding carboxylic acids is 3. The van der Waals surface area contributed by atoms with Gasteiger partial charge in [-0.25, -0.2) is 0 Å². The van der Waals surface area contributed by atoms with Gasteiger partial charge in [0.15, 0.2) is 11.5 Å². The number of rotatable bonds is 8. The first kappa shape index (κ1) is 20.5. The predicted molar refractivity (Wildman–Crippen MR) is 99.7 cm³/mol. The molecule has 1 aromatic carbocycles. The highest BCUT2D eigenvalue weighted by Crippen LogP contribution is 2.28. The van der Waals surface area contributed by atoms with Crippen molar-refractivity contribution in [3.8, 4) is 11.5 Å². The van der Waals surface area contributed by atoms with Gasteiger partial charge in [0, 0.05) is 32.7 Å². The molecule has 0 spiro atoms. The molecule has 0 aromatic heterocycles. The second-order valence-electron chi connectivity index (χ2n) is 6.09. The van der Waals surface area contributed by atoms with Gasteiger partial charge < -0.3 is 24.6 Å². The lowest BCUT2D eigenvalue weighted by molar-refractivity contribution is -0.147. The van der Waals surface area contributed by atoms with E-state index in [1.165, 1.54) is 4.90 Å². The molecule has 1 aliphatic rings. The molecular weight excluding hydrogens is 350 g/mol. The van der Waals surface area contributed by atoms with Crippen LogP contribution in [-0.4, -0.2) is 74.0 Å². The highest BCUT2D eigenvalue weighted by molar-refractivity contribution is 6.35. The number of hydrogen-bond donors (Lipinski definition) is 1. The van der Waals surface area contributed by atoms with Gasteiger partial charge in [0.25, 0.3) is 0 Å². The lowest BCUT2D eigenvalue weighted by Crippen LogP contribution is -2.52. The third kappa shape index (κ3) is 5.87. The second-order valence-corrected chi connectivity index (χ2v) is 6.09. The summed E-state index contributed by atoms with van der Waals surface area (Å²) in [5, 5.41) is 2.66. The maximum atomic E-state index is 12.2. The molecule has 1 fully saturated rings. The molecule has 0 saturated carbocycles. The zero-order chi connectivity index (χ0) is 19.6. The van der Waals surface area contributed by atoms with Crippen LogP contribution in [0.5, 0.6) is 11.5 Å². The summed E-state index contributed by atoms with van der Waals surface area (Å²) in [4.78, 5) is 38.0. The van der Waals surface area contributed by atoms with E-state index >= 15 is 0 Å². The summed E-state index contributed by atoms with van der Waals surface area (Å²) in [6.07, 6.45) is 1.33. The molecule has 1 aromatic rings.